The smallest absolute Gasteiger partial charge is 0.151 e. The molecule has 1 aromatic heterocycles. The van der Waals surface area contributed by atoms with Gasteiger partial charge in [0.05, 0.1) is 11.1 Å². The molecule has 0 aliphatic rings. The van der Waals surface area contributed by atoms with Crippen molar-refractivity contribution in [1.29, 1.82) is 0 Å². The molecule has 0 bridgehead atoms. The van der Waals surface area contributed by atoms with Crippen LogP contribution >= 0.6 is 11.6 Å². The summed E-state index contributed by atoms with van der Waals surface area (Å²) in [6, 6.07) is 0. The van der Waals surface area contributed by atoms with Crippen molar-refractivity contribution in [3.05, 3.63) is 23.2 Å². The fourth-order valence-corrected chi connectivity index (χ4v) is 1.92. The molecule has 15 heavy (non-hydrogen) atoms. The van der Waals surface area contributed by atoms with Crippen LogP contribution in [0.25, 0.3) is 0 Å². The molecule has 0 aromatic carbocycles. The molecule has 0 radical (unpaired) electrons. The fraction of sp³-hybridized carbons (Fsp3) is 0.545. The van der Waals surface area contributed by atoms with Gasteiger partial charge >= 0.3 is 0 Å². The van der Waals surface area contributed by atoms with E-state index in [1.54, 1.807) is 6.20 Å². The zero-order valence-corrected chi connectivity index (χ0v) is 10.2. The molecule has 3 nitrogen and oxygen atoms in total. The second-order valence-corrected chi connectivity index (χ2v) is 4.70. The van der Waals surface area contributed by atoms with Crippen molar-refractivity contribution < 1.29 is 4.79 Å². The summed E-state index contributed by atoms with van der Waals surface area (Å²) in [5, 5.41) is 0.302. The number of aromatic nitrogens is 2. The third kappa shape index (κ3) is 2.34. The molecule has 1 aromatic rings. The lowest BCUT2D eigenvalue weighted by Crippen LogP contribution is -2.34. The molecule has 0 saturated heterocycles. The Morgan fingerprint density at radius 2 is 1.87 bits per heavy atom. The maximum absolute atomic E-state index is 12.0. The number of Topliss-reactive ketones (excluding diaryl/α,β-unsaturated/α-hetero) is 1. The number of hydrogen-bond acceptors (Lipinski definition) is 3. The van der Waals surface area contributed by atoms with E-state index in [9.17, 15) is 4.79 Å². The number of rotatable bonds is 3. The molecule has 1 rings (SSSR count). The third-order valence-corrected chi connectivity index (χ3v) is 2.66. The van der Waals surface area contributed by atoms with Gasteiger partial charge < -0.3 is 0 Å². The largest absolute Gasteiger partial charge is 0.298 e. The zero-order valence-electron chi connectivity index (χ0n) is 9.41. The number of carbonyl (C=O) groups excluding carboxylic acids is 1. The van der Waals surface area contributed by atoms with Crippen molar-refractivity contribution in [3.63, 3.8) is 0 Å². The minimum absolute atomic E-state index is 0.0435. The lowest BCUT2D eigenvalue weighted by atomic mass is 9.80. The van der Waals surface area contributed by atoms with Crippen molar-refractivity contribution >= 4 is 17.4 Å². The van der Waals surface area contributed by atoms with Crippen molar-refractivity contribution in [1.82, 2.24) is 9.97 Å². The summed E-state index contributed by atoms with van der Waals surface area (Å²) in [6.45, 7) is 7.39. The highest BCUT2D eigenvalue weighted by molar-refractivity contribution is 6.30. The molecular formula is C11H15ClN2O. The Balaban J connectivity index is 3.17. The van der Waals surface area contributed by atoms with Gasteiger partial charge in [0.15, 0.2) is 5.15 Å². The van der Waals surface area contributed by atoms with Crippen LogP contribution in [0.2, 0.25) is 5.15 Å². The maximum Gasteiger partial charge on any atom is 0.151 e. The summed E-state index contributed by atoms with van der Waals surface area (Å²) in [5.41, 5.74) is -0.134. The lowest BCUT2D eigenvalue weighted by Gasteiger charge is -2.24. The number of ketones is 1. The van der Waals surface area contributed by atoms with E-state index >= 15 is 0 Å². The van der Waals surface area contributed by atoms with E-state index < -0.39 is 5.41 Å². The normalized spacial score (nSPS) is 11.9. The van der Waals surface area contributed by atoms with E-state index in [2.05, 4.69) is 9.97 Å². The zero-order chi connectivity index (χ0) is 11.6. The quantitative estimate of drug-likeness (QED) is 0.796. The van der Waals surface area contributed by atoms with Gasteiger partial charge in [0.25, 0.3) is 0 Å². The number of carbonyl (C=O) groups is 1. The van der Waals surface area contributed by atoms with Gasteiger partial charge in [-0.15, -0.1) is 0 Å². The molecule has 1 heterocycles. The van der Waals surface area contributed by atoms with Gasteiger partial charge in [-0.3, -0.25) is 9.78 Å². The maximum atomic E-state index is 12.0. The van der Waals surface area contributed by atoms with Crippen LogP contribution in [0.15, 0.2) is 12.4 Å². The summed E-state index contributed by atoms with van der Waals surface area (Å²) in [4.78, 5) is 20.1. The third-order valence-electron chi connectivity index (χ3n) is 2.39. The van der Waals surface area contributed by atoms with Crippen molar-refractivity contribution in [2.45, 2.75) is 33.1 Å². The Bertz CT molecular complexity index is 375. The molecule has 0 aliphatic heterocycles. The van der Waals surface area contributed by atoms with Gasteiger partial charge in [0.1, 0.15) is 5.78 Å². The average molecular weight is 227 g/mol. The van der Waals surface area contributed by atoms with Crippen molar-refractivity contribution in [2.75, 3.05) is 0 Å². The molecule has 0 N–H and O–H groups in total. The van der Waals surface area contributed by atoms with Crippen LogP contribution < -0.4 is 0 Å². The molecule has 0 saturated carbocycles. The highest BCUT2D eigenvalue weighted by Gasteiger charge is 2.34. The Hall–Kier alpha value is -0.960. The van der Waals surface area contributed by atoms with Crippen LogP contribution in [-0.2, 0) is 10.2 Å². The van der Waals surface area contributed by atoms with Gasteiger partial charge in [-0.25, -0.2) is 4.98 Å². The number of halogens is 1. The monoisotopic (exact) mass is 226 g/mol. The molecule has 0 spiro atoms. The average Bonchev–Trinajstić information content (AvgIpc) is 2.16. The Labute approximate surface area is 94.9 Å². The van der Waals surface area contributed by atoms with Gasteiger partial charge in [0, 0.05) is 18.3 Å². The first-order valence-electron chi connectivity index (χ1n) is 4.88. The van der Waals surface area contributed by atoms with Gasteiger partial charge in [-0.1, -0.05) is 25.4 Å². The molecule has 82 valence electrons. The first-order valence-corrected chi connectivity index (χ1v) is 5.26. The molecule has 0 atom stereocenters. The van der Waals surface area contributed by atoms with E-state index in [4.69, 9.17) is 11.6 Å². The molecule has 0 amide bonds. The van der Waals surface area contributed by atoms with Crippen LogP contribution in [0, 0.1) is 5.92 Å². The Morgan fingerprint density at radius 1 is 1.33 bits per heavy atom. The van der Waals surface area contributed by atoms with E-state index in [1.165, 1.54) is 6.20 Å². The second kappa shape index (κ2) is 4.27. The van der Waals surface area contributed by atoms with Crippen molar-refractivity contribution in [2.24, 2.45) is 5.92 Å². The standard InChI is InChI=1S/C11H15ClN2O/c1-7(2)9(15)11(3,4)8-10(12)14-6-5-13-8/h5-7H,1-4H3. The summed E-state index contributed by atoms with van der Waals surface area (Å²) in [7, 11) is 0. The summed E-state index contributed by atoms with van der Waals surface area (Å²) >= 11 is 5.93. The molecule has 0 aliphatic carbocycles. The number of nitrogens with zero attached hydrogens (tertiary/aromatic N) is 2. The van der Waals surface area contributed by atoms with Crippen LogP contribution in [0.1, 0.15) is 33.4 Å². The highest BCUT2D eigenvalue weighted by Crippen LogP contribution is 2.29. The first-order chi connectivity index (χ1) is 6.87. The summed E-state index contributed by atoms with van der Waals surface area (Å²) in [6.07, 6.45) is 3.07. The Kier molecular flexibility index (Phi) is 3.45. The van der Waals surface area contributed by atoms with Crippen LogP contribution in [0.3, 0.4) is 0 Å². The highest BCUT2D eigenvalue weighted by atomic mass is 35.5. The van der Waals surface area contributed by atoms with Gasteiger partial charge in [-0.05, 0) is 13.8 Å². The summed E-state index contributed by atoms with van der Waals surface area (Å²) < 4.78 is 0. The van der Waals surface area contributed by atoms with Crippen LogP contribution in [0.5, 0.6) is 0 Å². The lowest BCUT2D eigenvalue weighted by molar-refractivity contribution is -0.126. The SMILES string of the molecule is CC(C)C(=O)C(C)(C)c1nccnc1Cl. The molecular weight excluding hydrogens is 212 g/mol. The van der Waals surface area contributed by atoms with Crippen LogP contribution in [-0.4, -0.2) is 15.8 Å². The van der Waals surface area contributed by atoms with E-state index in [0.717, 1.165) is 0 Å². The second-order valence-electron chi connectivity index (χ2n) is 4.34. The molecule has 0 unspecified atom stereocenters. The summed E-state index contributed by atoms with van der Waals surface area (Å²) in [5.74, 6) is 0.0722. The minimum Gasteiger partial charge on any atom is -0.298 e. The van der Waals surface area contributed by atoms with E-state index in [0.29, 0.717) is 10.8 Å². The number of hydrogen-bond donors (Lipinski definition) is 0. The topological polar surface area (TPSA) is 42.9 Å². The van der Waals surface area contributed by atoms with Crippen LogP contribution in [0.4, 0.5) is 0 Å². The van der Waals surface area contributed by atoms with E-state index in [-0.39, 0.29) is 11.7 Å². The van der Waals surface area contributed by atoms with Crippen molar-refractivity contribution in [3.8, 4) is 0 Å². The molecule has 4 heteroatoms. The van der Waals surface area contributed by atoms with E-state index in [1.807, 2.05) is 27.7 Å². The Morgan fingerprint density at radius 3 is 2.33 bits per heavy atom. The van der Waals surface area contributed by atoms with Gasteiger partial charge in [-0.2, -0.15) is 0 Å². The van der Waals surface area contributed by atoms with Gasteiger partial charge in [0.2, 0.25) is 0 Å². The predicted molar refractivity (Wildman–Crippen MR) is 59.9 cm³/mol. The fourth-order valence-electron chi connectivity index (χ4n) is 1.58. The minimum atomic E-state index is -0.681. The predicted octanol–water partition coefficient (Wildman–Crippen LogP) is 2.63. The first kappa shape index (κ1) is 12.1. The molecule has 0 fully saturated rings.